The molecule has 0 bridgehead atoms. The van der Waals surface area contributed by atoms with Crippen molar-refractivity contribution in [3.63, 3.8) is 0 Å². The van der Waals surface area contributed by atoms with Crippen LogP contribution in [-0.4, -0.2) is 6.04 Å². The molecule has 2 N–H and O–H groups in total. The summed E-state index contributed by atoms with van der Waals surface area (Å²) in [6.45, 7) is 5.02. The number of nitrogens with two attached hydrogens (primary N) is 1. The Balaban J connectivity index is 1.84. The molecule has 0 saturated heterocycles. The van der Waals surface area contributed by atoms with Gasteiger partial charge in [-0.1, -0.05) is 56.3 Å². The SMILES string of the molecule is CC(C)CC(N)Cc1ccc(OCc2ccccc2)cc1. The molecule has 0 aliphatic heterocycles. The van der Waals surface area contributed by atoms with Gasteiger partial charge in [0, 0.05) is 6.04 Å². The molecule has 21 heavy (non-hydrogen) atoms. The number of ether oxygens (including phenoxy) is 1. The van der Waals surface area contributed by atoms with Crippen molar-refractivity contribution in [3.05, 3.63) is 65.7 Å². The third-order valence-electron chi connectivity index (χ3n) is 3.44. The highest BCUT2D eigenvalue weighted by Crippen LogP contribution is 2.16. The van der Waals surface area contributed by atoms with Crippen molar-refractivity contribution in [1.82, 2.24) is 0 Å². The monoisotopic (exact) mass is 283 g/mol. The van der Waals surface area contributed by atoms with E-state index >= 15 is 0 Å². The Morgan fingerprint density at radius 1 is 0.905 bits per heavy atom. The summed E-state index contributed by atoms with van der Waals surface area (Å²) in [5, 5.41) is 0. The second-order valence-electron chi connectivity index (χ2n) is 6.01. The zero-order chi connectivity index (χ0) is 15.1. The van der Waals surface area contributed by atoms with E-state index in [1.807, 2.05) is 30.3 Å². The standard InChI is InChI=1S/C19H25NO/c1-15(2)12-18(20)13-16-8-10-19(11-9-16)21-14-17-6-4-3-5-7-17/h3-11,15,18H,12-14,20H2,1-2H3. The van der Waals surface area contributed by atoms with Crippen LogP contribution >= 0.6 is 0 Å². The average molecular weight is 283 g/mol. The molecule has 1 unspecified atom stereocenters. The fourth-order valence-electron chi connectivity index (χ4n) is 2.45. The van der Waals surface area contributed by atoms with Crippen LogP contribution in [0.2, 0.25) is 0 Å². The summed E-state index contributed by atoms with van der Waals surface area (Å²) in [4.78, 5) is 0. The van der Waals surface area contributed by atoms with Crippen molar-refractivity contribution in [2.45, 2.75) is 39.3 Å². The second kappa shape index (κ2) is 7.84. The Bertz CT molecular complexity index is 519. The van der Waals surface area contributed by atoms with Crippen molar-refractivity contribution in [2.75, 3.05) is 0 Å². The predicted octanol–water partition coefficient (Wildman–Crippen LogP) is 4.18. The van der Waals surface area contributed by atoms with Crippen LogP contribution in [0, 0.1) is 5.92 Å². The van der Waals surface area contributed by atoms with Crippen molar-refractivity contribution in [1.29, 1.82) is 0 Å². The highest BCUT2D eigenvalue weighted by Gasteiger charge is 2.06. The third kappa shape index (κ3) is 5.60. The van der Waals surface area contributed by atoms with E-state index < -0.39 is 0 Å². The van der Waals surface area contributed by atoms with Gasteiger partial charge in [0.25, 0.3) is 0 Å². The molecule has 0 aliphatic rings. The lowest BCUT2D eigenvalue weighted by Crippen LogP contribution is -2.24. The molecule has 112 valence electrons. The summed E-state index contributed by atoms with van der Waals surface area (Å²) in [6, 6.07) is 18.7. The summed E-state index contributed by atoms with van der Waals surface area (Å²) in [6.07, 6.45) is 1.99. The molecule has 0 aliphatic carbocycles. The molecule has 2 nitrogen and oxygen atoms in total. The molecule has 2 heteroatoms. The van der Waals surface area contributed by atoms with Crippen LogP contribution in [0.3, 0.4) is 0 Å². The van der Waals surface area contributed by atoms with Gasteiger partial charge in [0.2, 0.25) is 0 Å². The van der Waals surface area contributed by atoms with Gasteiger partial charge in [-0.25, -0.2) is 0 Å². The third-order valence-corrected chi connectivity index (χ3v) is 3.44. The molecule has 2 aromatic rings. The molecule has 0 radical (unpaired) electrons. The van der Waals surface area contributed by atoms with E-state index in [2.05, 4.69) is 38.1 Å². The van der Waals surface area contributed by atoms with Gasteiger partial charge in [-0.2, -0.15) is 0 Å². The summed E-state index contributed by atoms with van der Waals surface area (Å²) < 4.78 is 5.79. The first kappa shape index (κ1) is 15.6. The first-order chi connectivity index (χ1) is 10.1. The molecule has 2 rings (SSSR count). The Labute approximate surface area is 127 Å². The summed E-state index contributed by atoms with van der Waals surface area (Å²) in [7, 11) is 0. The fourth-order valence-corrected chi connectivity index (χ4v) is 2.45. The zero-order valence-electron chi connectivity index (χ0n) is 13.0. The van der Waals surface area contributed by atoms with Crippen molar-refractivity contribution in [3.8, 4) is 5.75 Å². The van der Waals surface area contributed by atoms with E-state index in [4.69, 9.17) is 10.5 Å². The molecule has 0 fully saturated rings. The van der Waals surface area contributed by atoms with Crippen molar-refractivity contribution >= 4 is 0 Å². The Hall–Kier alpha value is -1.80. The Morgan fingerprint density at radius 2 is 1.57 bits per heavy atom. The minimum atomic E-state index is 0.237. The molecular weight excluding hydrogens is 258 g/mol. The number of benzene rings is 2. The van der Waals surface area contributed by atoms with Crippen LogP contribution < -0.4 is 10.5 Å². The van der Waals surface area contributed by atoms with Gasteiger partial charge < -0.3 is 10.5 Å². The Morgan fingerprint density at radius 3 is 2.19 bits per heavy atom. The van der Waals surface area contributed by atoms with E-state index in [-0.39, 0.29) is 6.04 Å². The summed E-state index contributed by atoms with van der Waals surface area (Å²) in [5.41, 5.74) is 8.60. The van der Waals surface area contributed by atoms with E-state index in [9.17, 15) is 0 Å². The van der Waals surface area contributed by atoms with E-state index in [1.165, 1.54) is 11.1 Å². The Kier molecular flexibility index (Phi) is 5.82. The minimum Gasteiger partial charge on any atom is -0.489 e. The lowest BCUT2D eigenvalue weighted by atomic mass is 9.98. The van der Waals surface area contributed by atoms with Crippen molar-refractivity contribution < 1.29 is 4.74 Å². The van der Waals surface area contributed by atoms with Gasteiger partial charge in [0.15, 0.2) is 0 Å². The van der Waals surface area contributed by atoms with E-state index in [0.717, 1.165) is 18.6 Å². The smallest absolute Gasteiger partial charge is 0.119 e. The minimum absolute atomic E-state index is 0.237. The van der Waals surface area contributed by atoms with Gasteiger partial charge in [-0.15, -0.1) is 0 Å². The molecule has 0 saturated carbocycles. The molecule has 0 amide bonds. The molecule has 2 aromatic carbocycles. The first-order valence-corrected chi connectivity index (χ1v) is 7.64. The predicted molar refractivity (Wildman–Crippen MR) is 88.4 cm³/mol. The lowest BCUT2D eigenvalue weighted by Gasteiger charge is -2.14. The zero-order valence-corrected chi connectivity index (χ0v) is 13.0. The highest BCUT2D eigenvalue weighted by atomic mass is 16.5. The van der Waals surface area contributed by atoms with E-state index in [0.29, 0.717) is 12.5 Å². The number of hydrogen-bond donors (Lipinski definition) is 1. The topological polar surface area (TPSA) is 35.2 Å². The van der Waals surface area contributed by atoms with Gasteiger partial charge >= 0.3 is 0 Å². The molecule has 0 spiro atoms. The summed E-state index contributed by atoms with van der Waals surface area (Å²) in [5.74, 6) is 1.55. The van der Waals surface area contributed by atoms with Gasteiger partial charge in [-0.3, -0.25) is 0 Å². The van der Waals surface area contributed by atoms with Gasteiger partial charge in [-0.05, 0) is 42.0 Å². The number of hydrogen-bond acceptors (Lipinski definition) is 2. The van der Waals surface area contributed by atoms with Crippen LogP contribution in [0.25, 0.3) is 0 Å². The number of rotatable bonds is 7. The van der Waals surface area contributed by atoms with Crippen LogP contribution in [0.1, 0.15) is 31.4 Å². The molecule has 0 heterocycles. The largest absolute Gasteiger partial charge is 0.489 e. The second-order valence-corrected chi connectivity index (χ2v) is 6.01. The van der Waals surface area contributed by atoms with Crippen molar-refractivity contribution in [2.24, 2.45) is 11.7 Å². The molecule has 1 atom stereocenters. The highest BCUT2D eigenvalue weighted by molar-refractivity contribution is 5.28. The summed E-state index contributed by atoms with van der Waals surface area (Å²) >= 11 is 0. The lowest BCUT2D eigenvalue weighted by molar-refractivity contribution is 0.306. The maximum atomic E-state index is 6.15. The normalized spacial score (nSPS) is 12.4. The quantitative estimate of drug-likeness (QED) is 0.827. The van der Waals surface area contributed by atoms with E-state index in [1.54, 1.807) is 0 Å². The first-order valence-electron chi connectivity index (χ1n) is 7.64. The molecule has 0 aromatic heterocycles. The molecular formula is C19H25NO. The van der Waals surface area contributed by atoms with Crippen LogP contribution in [-0.2, 0) is 13.0 Å². The van der Waals surface area contributed by atoms with Crippen LogP contribution in [0.15, 0.2) is 54.6 Å². The maximum Gasteiger partial charge on any atom is 0.119 e. The fraction of sp³-hybridized carbons (Fsp3) is 0.368. The van der Waals surface area contributed by atoms with Crippen LogP contribution in [0.5, 0.6) is 5.75 Å². The van der Waals surface area contributed by atoms with Gasteiger partial charge in [0.05, 0.1) is 0 Å². The average Bonchev–Trinajstić information content (AvgIpc) is 2.47. The van der Waals surface area contributed by atoms with Crippen LogP contribution in [0.4, 0.5) is 0 Å². The van der Waals surface area contributed by atoms with Gasteiger partial charge in [0.1, 0.15) is 12.4 Å². The maximum absolute atomic E-state index is 6.15.